The third-order valence-electron chi connectivity index (χ3n) is 3.31. The molecule has 0 aliphatic carbocycles. The van der Waals surface area contributed by atoms with E-state index in [0.29, 0.717) is 17.0 Å². The number of aryl methyl sites for hydroxylation is 1. The molecule has 3 aromatic rings. The minimum absolute atomic E-state index is 0.272. The summed E-state index contributed by atoms with van der Waals surface area (Å²) in [6, 6.07) is 7.60. The number of para-hydroxylation sites is 1. The summed E-state index contributed by atoms with van der Waals surface area (Å²) in [5.41, 5.74) is 1.89. The second-order valence-electron chi connectivity index (χ2n) is 4.50. The number of H-pyrrole nitrogens is 2. The minimum atomic E-state index is -0.951. The number of hydrogen-bond donors (Lipinski definition) is 3. The van der Waals surface area contributed by atoms with E-state index in [2.05, 4.69) is 15.2 Å². The van der Waals surface area contributed by atoms with E-state index in [4.69, 9.17) is 12.2 Å². The minimum Gasteiger partial charge on any atom is -0.477 e. The highest BCUT2D eigenvalue weighted by Crippen LogP contribution is 2.26. The number of nitrogens with one attached hydrogen (secondary N) is 2. The number of aromatic nitrogens is 4. The van der Waals surface area contributed by atoms with Gasteiger partial charge in [-0.15, -0.1) is 0 Å². The molecule has 1 aromatic carbocycles. The Balaban J connectivity index is 2.24. The fourth-order valence-corrected chi connectivity index (χ4v) is 2.64. The maximum atomic E-state index is 11.5. The summed E-state index contributed by atoms with van der Waals surface area (Å²) in [4.78, 5) is 15.7. The van der Waals surface area contributed by atoms with Crippen LogP contribution in [0.25, 0.3) is 10.9 Å². The van der Waals surface area contributed by atoms with Crippen LogP contribution in [0, 0.1) is 4.77 Å². The van der Waals surface area contributed by atoms with Crippen LogP contribution >= 0.6 is 12.2 Å². The van der Waals surface area contributed by atoms with E-state index >= 15 is 0 Å². The third kappa shape index (κ3) is 1.92. The lowest BCUT2D eigenvalue weighted by Gasteiger charge is -2.01. The van der Waals surface area contributed by atoms with Gasteiger partial charge in [-0.05, 0) is 18.3 Å². The van der Waals surface area contributed by atoms with Crippen molar-refractivity contribution in [3.8, 4) is 0 Å². The number of carbonyl (C=O) groups is 1. The Kier molecular flexibility index (Phi) is 2.90. The molecule has 0 fully saturated rings. The number of benzene rings is 1. The number of hydrogen-bond acceptors (Lipinski definition) is 3. The average molecular weight is 288 g/mol. The Bertz CT molecular complexity index is 859. The molecule has 6 nitrogen and oxygen atoms in total. The molecule has 7 heteroatoms. The lowest BCUT2D eigenvalue weighted by atomic mass is 10.1. The molecule has 2 aromatic heterocycles. The van der Waals surface area contributed by atoms with Crippen LogP contribution < -0.4 is 0 Å². The zero-order valence-electron chi connectivity index (χ0n) is 10.7. The van der Waals surface area contributed by atoms with Crippen molar-refractivity contribution < 1.29 is 9.90 Å². The summed E-state index contributed by atoms with van der Waals surface area (Å²) >= 11 is 4.92. The summed E-state index contributed by atoms with van der Waals surface area (Å²) in [6.45, 7) is 0. The lowest BCUT2D eigenvalue weighted by molar-refractivity contribution is 0.0686. The van der Waals surface area contributed by atoms with Crippen LogP contribution in [0.3, 0.4) is 0 Å². The maximum absolute atomic E-state index is 11.5. The van der Waals surface area contributed by atoms with Crippen molar-refractivity contribution in [3.05, 3.63) is 46.1 Å². The molecule has 0 saturated heterocycles. The molecule has 20 heavy (non-hydrogen) atoms. The van der Waals surface area contributed by atoms with Crippen LogP contribution in [0.15, 0.2) is 24.3 Å². The number of carboxylic acids is 1. The van der Waals surface area contributed by atoms with Crippen molar-refractivity contribution in [2.24, 2.45) is 7.05 Å². The van der Waals surface area contributed by atoms with Crippen molar-refractivity contribution in [1.29, 1.82) is 0 Å². The van der Waals surface area contributed by atoms with Gasteiger partial charge in [-0.2, -0.15) is 0 Å². The van der Waals surface area contributed by atoms with Crippen molar-refractivity contribution in [3.63, 3.8) is 0 Å². The molecule has 0 spiro atoms. The van der Waals surface area contributed by atoms with E-state index in [9.17, 15) is 9.90 Å². The second-order valence-corrected chi connectivity index (χ2v) is 4.89. The molecule has 0 amide bonds. The van der Waals surface area contributed by atoms with E-state index in [1.807, 2.05) is 24.3 Å². The van der Waals surface area contributed by atoms with Gasteiger partial charge in [-0.25, -0.2) is 9.78 Å². The van der Waals surface area contributed by atoms with Crippen molar-refractivity contribution >= 4 is 29.1 Å². The second kappa shape index (κ2) is 4.61. The molecule has 0 unspecified atom stereocenters. The number of rotatable bonds is 3. The van der Waals surface area contributed by atoms with E-state index < -0.39 is 5.97 Å². The predicted molar refractivity (Wildman–Crippen MR) is 76.5 cm³/mol. The Labute approximate surface area is 119 Å². The molecule has 0 aliphatic heterocycles. The summed E-state index contributed by atoms with van der Waals surface area (Å²) < 4.78 is 2.05. The van der Waals surface area contributed by atoms with E-state index in [1.54, 1.807) is 11.6 Å². The normalized spacial score (nSPS) is 11.1. The summed E-state index contributed by atoms with van der Waals surface area (Å²) in [6.07, 6.45) is 0.385. The van der Waals surface area contributed by atoms with Gasteiger partial charge in [0.05, 0.1) is 0 Å². The summed E-state index contributed by atoms with van der Waals surface area (Å²) in [7, 11) is 1.75. The highest BCUT2D eigenvalue weighted by molar-refractivity contribution is 7.71. The van der Waals surface area contributed by atoms with Crippen LogP contribution in [0.4, 0.5) is 0 Å². The highest BCUT2D eigenvalue weighted by atomic mass is 32.1. The molecule has 2 heterocycles. The van der Waals surface area contributed by atoms with Gasteiger partial charge < -0.3 is 9.67 Å². The van der Waals surface area contributed by atoms with Crippen molar-refractivity contribution in [2.75, 3.05) is 0 Å². The van der Waals surface area contributed by atoms with Crippen molar-refractivity contribution in [2.45, 2.75) is 6.42 Å². The molecular weight excluding hydrogens is 276 g/mol. The molecule has 0 saturated carbocycles. The quantitative estimate of drug-likeness (QED) is 0.645. The molecule has 0 radical (unpaired) electrons. The molecule has 102 valence electrons. The Morgan fingerprint density at radius 1 is 1.40 bits per heavy atom. The Hall–Kier alpha value is -2.41. The Morgan fingerprint density at radius 2 is 2.15 bits per heavy atom. The van der Waals surface area contributed by atoms with Gasteiger partial charge in [-0.3, -0.25) is 10.2 Å². The predicted octanol–water partition coefficient (Wildman–Crippen LogP) is 2.25. The van der Waals surface area contributed by atoms with Gasteiger partial charge >= 0.3 is 5.97 Å². The average Bonchev–Trinajstić information content (AvgIpc) is 2.94. The smallest absolute Gasteiger partial charge is 0.352 e. The van der Waals surface area contributed by atoms with Gasteiger partial charge in [0.25, 0.3) is 0 Å². The van der Waals surface area contributed by atoms with Crippen LogP contribution in [-0.2, 0) is 13.5 Å². The van der Waals surface area contributed by atoms with Gasteiger partial charge in [0.2, 0.25) is 4.77 Å². The zero-order chi connectivity index (χ0) is 14.3. The largest absolute Gasteiger partial charge is 0.477 e. The number of aromatic carboxylic acids is 1. The number of fused-ring (bicyclic) bond motifs is 1. The number of carboxylic acid groups (broad SMARTS) is 1. The van der Waals surface area contributed by atoms with Crippen LogP contribution in [-0.4, -0.2) is 30.8 Å². The zero-order valence-corrected chi connectivity index (χ0v) is 11.5. The van der Waals surface area contributed by atoms with Crippen LogP contribution in [0.5, 0.6) is 0 Å². The number of aromatic amines is 2. The van der Waals surface area contributed by atoms with Crippen LogP contribution in [0.1, 0.15) is 21.9 Å². The lowest BCUT2D eigenvalue weighted by Crippen LogP contribution is -2.08. The van der Waals surface area contributed by atoms with E-state index in [1.165, 1.54) is 0 Å². The summed E-state index contributed by atoms with van der Waals surface area (Å²) in [5, 5.41) is 15.9. The topological polar surface area (TPSA) is 86.7 Å². The molecular formula is C13H12N4O2S. The molecule has 3 N–H and O–H groups in total. The van der Waals surface area contributed by atoms with E-state index in [0.717, 1.165) is 16.5 Å². The number of nitrogens with zero attached hydrogens (tertiary/aromatic N) is 2. The monoisotopic (exact) mass is 288 g/mol. The standard InChI is InChI=1S/C13H12N4O2S/c1-17-9-5-3-2-4-7(9)8(11(17)12(18)19)6-10-14-13(20)16-15-10/h2-5H,6H2,1H3,(H,18,19)(H2,14,15,16,20). The first-order valence-corrected chi connectivity index (χ1v) is 6.42. The first-order chi connectivity index (χ1) is 9.58. The SMILES string of the molecule is Cn1c(C(=O)O)c(Cc2nc(=S)[nH][nH]2)c2ccccc21. The van der Waals surface area contributed by atoms with Crippen LogP contribution in [0.2, 0.25) is 0 Å². The van der Waals surface area contributed by atoms with Crippen molar-refractivity contribution in [1.82, 2.24) is 19.7 Å². The van der Waals surface area contributed by atoms with Gasteiger partial charge in [0, 0.05) is 29.9 Å². The molecule has 0 aliphatic rings. The molecule has 3 rings (SSSR count). The fraction of sp³-hybridized carbons (Fsp3) is 0.154. The first-order valence-electron chi connectivity index (χ1n) is 6.01. The third-order valence-corrected chi connectivity index (χ3v) is 3.50. The van der Waals surface area contributed by atoms with Gasteiger partial charge in [-0.1, -0.05) is 18.2 Å². The Morgan fingerprint density at radius 3 is 2.80 bits per heavy atom. The molecule has 0 atom stereocenters. The first kappa shape index (κ1) is 12.6. The van der Waals surface area contributed by atoms with Gasteiger partial charge in [0.15, 0.2) is 0 Å². The summed E-state index contributed by atoms with van der Waals surface area (Å²) in [5.74, 6) is -0.332. The highest BCUT2D eigenvalue weighted by Gasteiger charge is 2.21. The fourth-order valence-electron chi connectivity index (χ4n) is 2.48. The maximum Gasteiger partial charge on any atom is 0.352 e. The molecule has 0 bridgehead atoms. The van der Waals surface area contributed by atoms with E-state index in [-0.39, 0.29) is 5.69 Å². The van der Waals surface area contributed by atoms with Gasteiger partial charge in [0.1, 0.15) is 11.5 Å².